The average Bonchev–Trinajstić information content (AvgIpc) is 3.01. The Bertz CT molecular complexity index is 805. The molecule has 3 aromatic rings. The first kappa shape index (κ1) is 12.1. The Morgan fingerprint density at radius 1 is 1.05 bits per heavy atom. The summed E-state index contributed by atoms with van der Waals surface area (Å²) in [5.74, 6) is -0.206. The second kappa shape index (κ2) is 4.43. The quantitative estimate of drug-likeness (QED) is 0.709. The molecule has 1 aliphatic rings. The monoisotopic (exact) mass is 330 g/mol. The number of aromatic nitrogens is 1. The summed E-state index contributed by atoms with van der Waals surface area (Å²) in [6.07, 6.45) is 0. The van der Waals surface area contributed by atoms with Crippen LogP contribution in [-0.2, 0) is 13.1 Å². The van der Waals surface area contributed by atoms with Crippen LogP contribution in [0.5, 0.6) is 0 Å². The van der Waals surface area contributed by atoms with Gasteiger partial charge in [-0.1, -0.05) is 15.9 Å². The highest BCUT2D eigenvalue weighted by Gasteiger charge is 2.21. The van der Waals surface area contributed by atoms with Crippen LogP contribution in [0.15, 0.2) is 46.9 Å². The number of benzene rings is 2. The van der Waals surface area contributed by atoms with Gasteiger partial charge in [0.15, 0.2) is 0 Å². The van der Waals surface area contributed by atoms with Gasteiger partial charge in [-0.05, 0) is 48.0 Å². The predicted molar refractivity (Wildman–Crippen MR) is 81.5 cm³/mol. The highest BCUT2D eigenvalue weighted by molar-refractivity contribution is 9.10. The van der Waals surface area contributed by atoms with Crippen molar-refractivity contribution in [1.82, 2.24) is 9.88 Å². The summed E-state index contributed by atoms with van der Waals surface area (Å²) in [5, 5.41) is 4.64. The third-order valence-corrected chi connectivity index (χ3v) is 4.32. The minimum absolute atomic E-state index is 0.206. The Morgan fingerprint density at radius 2 is 1.85 bits per heavy atom. The van der Waals surface area contributed by atoms with E-state index in [0.29, 0.717) is 0 Å². The maximum atomic E-state index is 13.1. The smallest absolute Gasteiger partial charge is 0.123 e. The lowest BCUT2D eigenvalue weighted by molar-refractivity contribution is 0.627. The molecule has 1 aliphatic heterocycles. The number of nitrogens with one attached hydrogen (secondary N) is 1. The summed E-state index contributed by atoms with van der Waals surface area (Å²) in [5.41, 5.74) is 4.78. The number of hydrogen-bond donors (Lipinski definition) is 1. The maximum absolute atomic E-state index is 13.1. The van der Waals surface area contributed by atoms with Crippen molar-refractivity contribution in [3.05, 3.63) is 64.0 Å². The van der Waals surface area contributed by atoms with Gasteiger partial charge in [0, 0.05) is 34.3 Å². The molecule has 20 heavy (non-hydrogen) atoms. The molecular weight excluding hydrogens is 319 g/mol. The molecule has 100 valence electrons. The summed E-state index contributed by atoms with van der Waals surface area (Å²) < 4.78 is 16.4. The van der Waals surface area contributed by atoms with E-state index < -0.39 is 0 Å². The zero-order valence-corrected chi connectivity index (χ0v) is 12.2. The van der Waals surface area contributed by atoms with Crippen molar-refractivity contribution in [1.29, 1.82) is 0 Å². The van der Waals surface area contributed by atoms with Crippen molar-refractivity contribution < 1.29 is 4.39 Å². The fourth-order valence-corrected chi connectivity index (χ4v) is 3.32. The molecule has 0 fully saturated rings. The third kappa shape index (κ3) is 1.72. The summed E-state index contributed by atoms with van der Waals surface area (Å²) in [7, 11) is 0. The molecule has 0 unspecified atom stereocenters. The van der Waals surface area contributed by atoms with Gasteiger partial charge in [-0.2, -0.15) is 0 Å². The number of fused-ring (bicyclic) bond motifs is 3. The number of hydrogen-bond acceptors (Lipinski definition) is 1. The number of nitrogens with zero attached hydrogens (tertiary/aromatic N) is 1. The SMILES string of the molecule is Fc1ccc(-n2c3c(c4cc(Br)ccc42)CNC3)cc1. The van der Waals surface area contributed by atoms with Crippen LogP contribution in [0.1, 0.15) is 11.3 Å². The zero-order chi connectivity index (χ0) is 13.7. The van der Waals surface area contributed by atoms with Gasteiger partial charge in [-0.3, -0.25) is 0 Å². The summed E-state index contributed by atoms with van der Waals surface area (Å²) in [6, 6.07) is 13.0. The Balaban J connectivity index is 2.06. The Hall–Kier alpha value is -1.65. The predicted octanol–water partition coefficient (Wildman–Crippen LogP) is 4.14. The molecule has 2 nitrogen and oxygen atoms in total. The fourth-order valence-electron chi connectivity index (χ4n) is 2.95. The summed E-state index contributed by atoms with van der Waals surface area (Å²) in [4.78, 5) is 0. The standard InChI is InChI=1S/C16H12BrFN2/c17-10-1-6-15-13(7-10)14-8-19-9-16(14)20(15)12-4-2-11(18)3-5-12/h1-7,19H,8-9H2. The minimum Gasteiger partial charge on any atom is -0.312 e. The molecule has 0 atom stereocenters. The van der Waals surface area contributed by atoms with Crippen molar-refractivity contribution in [3.8, 4) is 5.69 Å². The van der Waals surface area contributed by atoms with Gasteiger partial charge in [0.25, 0.3) is 0 Å². The molecular formula is C16H12BrFN2. The zero-order valence-electron chi connectivity index (χ0n) is 10.7. The van der Waals surface area contributed by atoms with Gasteiger partial charge >= 0.3 is 0 Å². The Morgan fingerprint density at radius 3 is 2.65 bits per heavy atom. The van der Waals surface area contributed by atoms with E-state index in [1.54, 1.807) is 0 Å². The number of halogens is 2. The van der Waals surface area contributed by atoms with Crippen molar-refractivity contribution in [3.63, 3.8) is 0 Å². The van der Waals surface area contributed by atoms with E-state index in [4.69, 9.17) is 0 Å². The molecule has 0 aliphatic carbocycles. The van der Waals surface area contributed by atoms with Crippen LogP contribution in [0.3, 0.4) is 0 Å². The lowest BCUT2D eigenvalue weighted by atomic mass is 10.1. The summed E-state index contributed by atoms with van der Waals surface area (Å²) in [6.45, 7) is 1.73. The van der Waals surface area contributed by atoms with E-state index in [-0.39, 0.29) is 5.82 Å². The van der Waals surface area contributed by atoms with Gasteiger partial charge in [0.1, 0.15) is 5.82 Å². The minimum atomic E-state index is -0.206. The lowest BCUT2D eigenvalue weighted by Gasteiger charge is -2.09. The second-order valence-corrected chi connectivity index (χ2v) is 5.92. The van der Waals surface area contributed by atoms with Gasteiger partial charge in [0.05, 0.1) is 5.52 Å². The molecule has 4 heteroatoms. The van der Waals surface area contributed by atoms with Gasteiger partial charge in [-0.25, -0.2) is 4.39 Å². The average molecular weight is 331 g/mol. The van der Waals surface area contributed by atoms with Crippen LogP contribution in [0.4, 0.5) is 4.39 Å². The first-order chi connectivity index (χ1) is 9.74. The van der Waals surface area contributed by atoms with E-state index in [1.807, 2.05) is 18.2 Å². The van der Waals surface area contributed by atoms with E-state index in [0.717, 1.165) is 23.2 Å². The van der Waals surface area contributed by atoms with Crippen molar-refractivity contribution in [2.45, 2.75) is 13.1 Å². The molecule has 0 amide bonds. The first-order valence-electron chi connectivity index (χ1n) is 6.52. The van der Waals surface area contributed by atoms with Crippen LogP contribution in [-0.4, -0.2) is 4.57 Å². The van der Waals surface area contributed by atoms with E-state index in [1.165, 1.54) is 34.3 Å². The molecule has 1 aromatic heterocycles. The first-order valence-corrected chi connectivity index (χ1v) is 7.32. The Labute approximate surface area is 124 Å². The summed E-state index contributed by atoms with van der Waals surface area (Å²) >= 11 is 3.54. The molecule has 4 rings (SSSR count). The van der Waals surface area contributed by atoms with Gasteiger partial charge in [0.2, 0.25) is 0 Å². The maximum Gasteiger partial charge on any atom is 0.123 e. The molecule has 0 radical (unpaired) electrons. The number of rotatable bonds is 1. The molecule has 2 heterocycles. The van der Waals surface area contributed by atoms with Crippen LogP contribution in [0, 0.1) is 5.82 Å². The van der Waals surface area contributed by atoms with E-state index in [2.05, 4.69) is 37.9 Å². The van der Waals surface area contributed by atoms with E-state index >= 15 is 0 Å². The third-order valence-electron chi connectivity index (χ3n) is 3.82. The lowest BCUT2D eigenvalue weighted by Crippen LogP contribution is -2.06. The molecule has 0 saturated heterocycles. The van der Waals surface area contributed by atoms with Crippen molar-refractivity contribution >= 4 is 26.8 Å². The van der Waals surface area contributed by atoms with Gasteiger partial charge in [-0.15, -0.1) is 0 Å². The second-order valence-electron chi connectivity index (χ2n) is 5.00. The van der Waals surface area contributed by atoms with Crippen LogP contribution >= 0.6 is 15.9 Å². The molecule has 0 saturated carbocycles. The van der Waals surface area contributed by atoms with E-state index in [9.17, 15) is 4.39 Å². The molecule has 1 N–H and O–H groups in total. The van der Waals surface area contributed by atoms with Crippen LogP contribution in [0.2, 0.25) is 0 Å². The molecule has 2 aromatic carbocycles. The van der Waals surface area contributed by atoms with Crippen LogP contribution < -0.4 is 5.32 Å². The fraction of sp³-hybridized carbons (Fsp3) is 0.125. The normalized spacial score (nSPS) is 13.9. The van der Waals surface area contributed by atoms with Gasteiger partial charge < -0.3 is 9.88 Å². The Kier molecular flexibility index (Phi) is 2.69. The highest BCUT2D eigenvalue weighted by atomic mass is 79.9. The molecule has 0 bridgehead atoms. The molecule has 0 spiro atoms. The highest BCUT2D eigenvalue weighted by Crippen LogP contribution is 2.34. The van der Waals surface area contributed by atoms with Crippen molar-refractivity contribution in [2.75, 3.05) is 0 Å². The van der Waals surface area contributed by atoms with Crippen molar-refractivity contribution in [2.24, 2.45) is 0 Å². The topological polar surface area (TPSA) is 17.0 Å². The van der Waals surface area contributed by atoms with Crippen LogP contribution in [0.25, 0.3) is 16.6 Å². The largest absolute Gasteiger partial charge is 0.312 e.